The van der Waals surface area contributed by atoms with E-state index < -0.39 is 0 Å². The standard InChI is InChI=1S/C15H24N2O2/c1-13-5-6-14(11-17-13)10-16-7-3-8-18-12-15-4-2-9-19-15/h5-6,11,15-16H,2-4,7-10,12H2,1H3. The lowest BCUT2D eigenvalue weighted by molar-refractivity contribution is 0.0166. The summed E-state index contributed by atoms with van der Waals surface area (Å²) >= 11 is 0. The molecule has 0 spiro atoms. The van der Waals surface area contributed by atoms with Crippen LogP contribution in [0.5, 0.6) is 0 Å². The summed E-state index contributed by atoms with van der Waals surface area (Å²) in [5, 5.41) is 3.40. The minimum Gasteiger partial charge on any atom is -0.379 e. The number of rotatable bonds is 8. The molecule has 0 amide bonds. The van der Waals surface area contributed by atoms with E-state index in [2.05, 4.69) is 16.4 Å². The van der Waals surface area contributed by atoms with Crippen LogP contribution in [0, 0.1) is 6.92 Å². The predicted molar refractivity (Wildman–Crippen MR) is 75.1 cm³/mol. The van der Waals surface area contributed by atoms with Crippen molar-refractivity contribution in [1.82, 2.24) is 10.3 Å². The van der Waals surface area contributed by atoms with Gasteiger partial charge in [-0.2, -0.15) is 0 Å². The first kappa shape index (κ1) is 14.4. The van der Waals surface area contributed by atoms with Crippen LogP contribution in [0.25, 0.3) is 0 Å². The number of ether oxygens (including phenoxy) is 2. The van der Waals surface area contributed by atoms with Gasteiger partial charge in [-0.05, 0) is 44.4 Å². The smallest absolute Gasteiger partial charge is 0.0809 e. The first-order valence-corrected chi connectivity index (χ1v) is 7.16. The molecule has 2 rings (SSSR count). The molecule has 0 aliphatic carbocycles. The molecule has 1 atom stereocenters. The number of hydrogen-bond acceptors (Lipinski definition) is 4. The zero-order valence-electron chi connectivity index (χ0n) is 11.7. The second-order valence-electron chi connectivity index (χ2n) is 5.05. The number of nitrogens with one attached hydrogen (secondary N) is 1. The van der Waals surface area contributed by atoms with Gasteiger partial charge in [-0.15, -0.1) is 0 Å². The average molecular weight is 264 g/mol. The topological polar surface area (TPSA) is 43.4 Å². The Kier molecular flexibility index (Phi) is 6.27. The molecule has 4 nitrogen and oxygen atoms in total. The normalized spacial score (nSPS) is 18.9. The van der Waals surface area contributed by atoms with Crippen LogP contribution in [-0.2, 0) is 16.0 Å². The zero-order chi connectivity index (χ0) is 13.3. The van der Waals surface area contributed by atoms with Gasteiger partial charge in [-0.3, -0.25) is 4.98 Å². The molecule has 0 bridgehead atoms. The van der Waals surface area contributed by atoms with Crippen molar-refractivity contribution in [2.45, 2.75) is 38.8 Å². The Morgan fingerprint density at radius 3 is 3.16 bits per heavy atom. The maximum absolute atomic E-state index is 5.61. The fraction of sp³-hybridized carbons (Fsp3) is 0.667. The Morgan fingerprint density at radius 2 is 2.42 bits per heavy atom. The van der Waals surface area contributed by atoms with E-state index in [-0.39, 0.29) is 0 Å². The first-order chi connectivity index (χ1) is 9.34. The monoisotopic (exact) mass is 264 g/mol. The van der Waals surface area contributed by atoms with Gasteiger partial charge in [0.05, 0.1) is 12.7 Å². The Morgan fingerprint density at radius 1 is 1.47 bits per heavy atom. The quantitative estimate of drug-likeness (QED) is 0.730. The first-order valence-electron chi connectivity index (χ1n) is 7.16. The van der Waals surface area contributed by atoms with Crippen molar-refractivity contribution in [3.05, 3.63) is 29.6 Å². The molecule has 106 valence electrons. The number of pyridine rings is 1. The number of aromatic nitrogens is 1. The SMILES string of the molecule is Cc1ccc(CNCCCOCC2CCCO2)cn1. The summed E-state index contributed by atoms with van der Waals surface area (Å²) in [4.78, 5) is 4.27. The molecule has 1 unspecified atom stereocenters. The fourth-order valence-electron chi connectivity index (χ4n) is 2.13. The summed E-state index contributed by atoms with van der Waals surface area (Å²) in [6.45, 7) is 6.31. The van der Waals surface area contributed by atoms with Gasteiger partial charge < -0.3 is 14.8 Å². The lowest BCUT2D eigenvalue weighted by Gasteiger charge is -2.10. The molecule has 0 radical (unpaired) electrons. The molecule has 4 heteroatoms. The largest absolute Gasteiger partial charge is 0.379 e. The van der Waals surface area contributed by atoms with Gasteiger partial charge in [0.1, 0.15) is 0 Å². The van der Waals surface area contributed by atoms with Gasteiger partial charge in [0.25, 0.3) is 0 Å². The highest BCUT2D eigenvalue weighted by molar-refractivity contribution is 5.12. The van der Waals surface area contributed by atoms with Gasteiger partial charge in [-0.1, -0.05) is 6.07 Å². The van der Waals surface area contributed by atoms with Crippen molar-refractivity contribution >= 4 is 0 Å². The average Bonchev–Trinajstić information content (AvgIpc) is 2.93. The van der Waals surface area contributed by atoms with Crippen LogP contribution in [0.3, 0.4) is 0 Å². The molecule has 1 saturated heterocycles. The van der Waals surface area contributed by atoms with Crippen LogP contribution in [0.15, 0.2) is 18.3 Å². The van der Waals surface area contributed by atoms with Gasteiger partial charge in [0.2, 0.25) is 0 Å². The van der Waals surface area contributed by atoms with Gasteiger partial charge in [0.15, 0.2) is 0 Å². The molecular formula is C15H24N2O2. The van der Waals surface area contributed by atoms with Gasteiger partial charge >= 0.3 is 0 Å². The highest BCUT2D eigenvalue weighted by Gasteiger charge is 2.14. The molecule has 0 aromatic carbocycles. The second-order valence-corrected chi connectivity index (χ2v) is 5.05. The molecule has 0 saturated carbocycles. The summed E-state index contributed by atoms with van der Waals surface area (Å²) in [7, 11) is 0. The summed E-state index contributed by atoms with van der Waals surface area (Å²) in [5.41, 5.74) is 2.29. The molecule has 1 fully saturated rings. The molecular weight excluding hydrogens is 240 g/mol. The van der Waals surface area contributed by atoms with Crippen molar-refractivity contribution in [3.8, 4) is 0 Å². The molecule has 1 aromatic heterocycles. The van der Waals surface area contributed by atoms with E-state index in [1.807, 2.05) is 19.2 Å². The van der Waals surface area contributed by atoms with Crippen LogP contribution in [0.2, 0.25) is 0 Å². The van der Waals surface area contributed by atoms with E-state index in [1.54, 1.807) is 0 Å². The molecule has 1 N–H and O–H groups in total. The third-order valence-corrected chi connectivity index (χ3v) is 3.27. The highest BCUT2D eigenvalue weighted by atomic mass is 16.5. The zero-order valence-corrected chi connectivity index (χ0v) is 11.7. The number of nitrogens with zero attached hydrogens (tertiary/aromatic N) is 1. The molecule has 1 aliphatic heterocycles. The van der Waals surface area contributed by atoms with Crippen molar-refractivity contribution < 1.29 is 9.47 Å². The second kappa shape index (κ2) is 8.25. The van der Waals surface area contributed by atoms with Crippen LogP contribution < -0.4 is 5.32 Å². The van der Waals surface area contributed by atoms with Crippen molar-refractivity contribution in [3.63, 3.8) is 0 Å². The minimum atomic E-state index is 0.339. The summed E-state index contributed by atoms with van der Waals surface area (Å²) in [5.74, 6) is 0. The van der Waals surface area contributed by atoms with Gasteiger partial charge in [0, 0.05) is 31.6 Å². The van der Waals surface area contributed by atoms with Crippen LogP contribution in [0.1, 0.15) is 30.5 Å². The third kappa shape index (κ3) is 5.68. The summed E-state index contributed by atoms with van der Waals surface area (Å²) in [6, 6.07) is 4.16. The number of hydrogen-bond donors (Lipinski definition) is 1. The highest BCUT2D eigenvalue weighted by Crippen LogP contribution is 2.11. The summed E-state index contributed by atoms with van der Waals surface area (Å²) in [6.07, 6.45) is 5.63. The maximum Gasteiger partial charge on any atom is 0.0809 e. The molecule has 1 aromatic rings. The fourth-order valence-corrected chi connectivity index (χ4v) is 2.13. The number of aryl methyl sites for hydroxylation is 1. The van der Waals surface area contributed by atoms with E-state index in [4.69, 9.17) is 9.47 Å². The van der Waals surface area contributed by atoms with Crippen molar-refractivity contribution in [1.29, 1.82) is 0 Å². The lowest BCUT2D eigenvalue weighted by Crippen LogP contribution is -2.19. The van der Waals surface area contributed by atoms with E-state index in [0.717, 1.165) is 51.4 Å². The van der Waals surface area contributed by atoms with Crippen LogP contribution in [0.4, 0.5) is 0 Å². The van der Waals surface area contributed by atoms with E-state index >= 15 is 0 Å². The van der Waals surface area contributed by atoms with E-state index in [0.29, 0.717) is 6.10 Å². The molecule has 1 aliphatic rings. The van der Waals surface area contributed by atoms with E-state index in [9.17, 15) is 0 Å². The van der Waals surface area contributed by atoms with E-state index in [1.165, 1.54) is 12.0 Å². The van der Waals surface area contributed by atoms with Gasteiger partial charge in [-0.25, -0.2) is 0 Å². The summed E-state index contributed by atoms with van der Waals surface area (Å²) < 4.78 is 11.1. The Bertz CT molecular complexity index is 348. The third-order valence-electron chi connectivity index (χ3n) is 3.27. The van der Waals surface area contributed by atoms with Crippen LogP contribution >= 0.6 is 0 Å². The minimum absolute atomic E-state index is 0.339. The maximum atomic E-state index is 5.61. The Hall–Kier alpha value is -0.970. The predicted octanol–water partition coefficient (Wildman–Crippen LogP) is 2.07. The lowest BCUT2D eigenvalue weighted by atomic mass is 10.2. The van der Waals surface area contributed by atoms with Crippen molar-refractivity contribution in [2.24, 2.45) is 0 Å². The van der Waals surface area contributed by atoms with Crippen molar-refractivity contribution in [2.75, 3.05) is 26.4 Å². The Labute approximate surface area is 115 Å². The molecule has 2 heterocycles. The molecule has 19 heavy (non-hydrogen) atoms. The Balaban J connectivity index is 1.44. The van der Waals surface area contributed by atoms with Crippen LogP contribution in [-0.4, -0.2) is 37.5 Å².